The molecule has 88 valence electrons. The molecule has 3 heteroatoms. The van der Waals surface area contributed by atoms with Gasteiger partial charge in [-0.2, -0.15) is 0 Å². The average molecular weight is 220 g/mol. The van der Waals surface area contributed by atoms with Crippen molar-refractivity contribution in [3.8, 4) is 0 Å². The molecule has 1 rings (SSSR count). The van der Waals surface area contributed by atoms with Gasteiger partial charge in [-0.1, -0.05) is 19.9 Å². The van der Waals surface area contributed by atoms with E-state index in [1.165, 1.54) is 0 Å². The van der Waals surface area contributed by atoms with Crippen molar-refractivity contribution < 1.29 is 4.79 Å². The first-order valence-electron chi connectivity index (χ1n) is 5.58. The van der Waals surface area contributed by atoms with Crippen LogP contribution in [0.3, 0.4) is 0 Å². The molecule has 1 amide bonds. The standard InChI is InChI=1S/C13H20N2O/c1-8(2)10(4)15-12-7-11(13(14)16)6-5-9(12)3/h5-8,10,15H,1-4H3,(H2,14,16). The highest BCUT2D eigenvalue weighted by Crippen LogP contribution is 2.19. The highest BCUT2D eigenvalue weighted by Gasteiger charge is 2.09. The fourth-order valence-corrected chi connectivity index (χ4v) is 1.34. The van der Waals surface area contributed by atoms with Crippen LogP contribution >= 0.6 is 0 Å². The van der Waals surface area contributed by atoms with E-state index in [1.54, 1.807) is 6.07 Å². The molecule has 0 saturated heterocycles. The van der Waals surface area contributed by atoms with Gasteiger partial charge in [0.25, 0.3) is 0 Å². The zero-order chi connectivity index (χ0) is 12.3. The van der Waals surface area contributed by atoms with Gasteiger partial charge in [0, 0.05) is 17.3 Å². The molecule has 0 aliphatic rings. The number of primary amides is 1. The van der Waals surface area contributed by atoms with Crippen LogP contribution in [0.15, 0.2) is 18.2 Å². The molecule has 16 heavy (non-hydrogen) atoms. The average Bonchev–Trinajstić information content (AvgIpc) is 2.20. The van der Waals surface area contributed by atoms with Crippen LogP contribution in [-0.2, 0) is 0 Å². The predicted octanol–water partition coefficient (Wildman–Crippen LogP) is 2.55. The summed E-state index contributed by atoms with van der Waals surface area (Å²) in [6.45, 7) is 8.46. The molecule has 0 radical (unpaired) electrons. The third kappa shape index (κ3) is 2.99. The number of nitrogens with one attached hydrogen (secondary N) is 1. The maximum atomic E-state index is 11.1. The highest BCUT2D eigenvalue weighted by molar-refractivity contribution is 5.94. The summed E-state index contributed by atoms with van der Waals surface area (Å²) in [6, 6.07) is 5.84. The van der Waals surface area contributed by atoms with Gasteiger partial charge in [0.1, 0.15) is 0 Å². The molecule has 0 aliphatic carbocycles. The Morgan fingerprint density at radius 3 is 2.44 bits per heavy atom. The van der Waals surface area contributed by atoms with E-state index < -0.39 is 0 Å². The number of anilines is 1. The van der Waals surface area contributed by atoms with E-state index in [-0.39, 0.29) is 5.91 Å². The molecule has 0 aliphatic heterocycles. The summed E-state index contributed by atoms with van der Waals surface area (Å²) in [5.74, 6) is 0.150. The molecule has 1 aromatic rings. The van der Waals surface area contributed by atoms with E-state index in [4.69, 9.17) is 5.73 Å². The molecule has 0 saturated carbocycles. The van der Waals surface area contributed by atoms with Crippen molar-refractivity contribution in [2.75, 3.05) is 5.32 Å². The summed E-state index contributed by atoms with van der Waals surface area (Å²) >= 11 is 0. The topological polar surface area (TPSA) is 55.1 Å². The molecule has 3 nitrogen and oxygen atoms in total. The lowest BCUT2D eigenvalue weighted by molar-refractivity contribution is 0.100. The van der Waals surface area contributed by atoms with Gasteiger partial charge in [-0.3, -0.25) is 4.79 Å². The van der Waals surface area contributed by atoms with Crippen LogP contribution in [0.4, 0.5) is 5.69 Å². The minimum Gasteiger partial charge on any atom is -0.382 e. The van der Waals surface area contributed by atoms with Crippen LogP contribution in [0.2, 0.25) is 0 Å². The van der Waals surface area contributed by atoms with Crippen LogP contribution in [0.25, 0.3) is 0 Å². The summed E-state index contributed by atoms with van der Waals surface area (Å²) in [4.78, 5) is 11.1. The summed E-state index contributed by atoms with van der Waals surface area (Å²) in [5, 5.41) is 3.40. The Labute approximate surface area is 97.0 Å². The largest absolute Gasteiger partial charge is 0.382 e. The monoisotopic (exact) mass is 220 g/mol. The van der Waals surface area contributed by atoms with Crippen molar-refractivity contribution in [1.29, 1.82) is 0 Å². The molecule has 0 aromatic heterocycles. The van der Waals surface area contributed by atoms with Crippen LogP contribution in [0.1, 0.15) is 36.7 Å². The molecule has 0 bridgehead atoms. The van der Waals surface area contributed by atoms with E-state index in [0.717, 1.165) is 11.3 Å². The van der Waals surface area contributed by atoms with Crippen LogP contribution < -0.4 is 11.1 Å². The van der Waals surface area contributed by atoms with Gasteiger partial charge in [0.05, 0.1) is 0 Å². The van der Waals surface area contributed by atoms with Crippen molar-refractivity contribution in [3.05, 3.63) is 29.3 Å². The van der Waals surface area contributed by atoms with E-state index in [0.29, 0.717) is 17.5 Å². The first kappa shape index (κ1) is 12.6. The second-order valence-electron chi connectivity index (χ2n) is 4.57. The molecule has 1 atom stereocenters. The van der Waals surface area contributed by atoms with E-state index in [9.17, 15) is 4.79 Å². The quantitative estimate of drug-likeness (QED) is 0.819. The summed E-state index contributed by atoms with van der Waals surface area (Å²) in [6.07, 6.45) is 0. The Kier molecular flexibility index (Phi) is 3.93. The molecule has 0 fully saturated rings. The Bertz CT molecular complexity index is 386. The Morgan fingerprint density at radius 1 is 1.31 bits per heavy atom. The van der Waals surface area contributed by atoms with Gasteiger partial charge in [0.2, 0.25) is 5.91 Å². The van der Waals surface area contributed by atoms with Gasteiger partial charge < -0.3 is 11.1 Å². The van der Waals surface area contributed by atoms with Gasteiger partial charge in [-0.25, -0.2) is 0 Å². The molecule has 3 N–H and O–H groups in total. The number of hydrogen-bond donors (Lipinski definition) is 2. The smallest absolute Gasteiger partial charge is 0.248 e. The van der Waals surface area contributed by atoms with E-state index in [1.807, 2.05) is 19.1 Å². The van der Waals surface area contributed by atoms with Crippen molar-refractivity contribution in [1.82, 2.24) is 0 Å². The normalized spacial score (nSPS) is 12.6. The molecule has 1 unspecified atom stereocenters. The summed E-state index contributed by atoms with van der Waals surface area (Å²) < 4.78 is 0. The van der Waals surface area contributed by atoms with Crippen molar-refractivity contribution in [2.45, 2.75) is 33.7 Å². The number of rotatable bonds is 4. The zero-order valence-electron chi connectivity index (χ0n) is 10.4. The highest BCUT2D eigenvalue weighted by atomic mass is 16.1. The fourth-order valence-electron chi connectivity index (χ4n) is 1.34. The lowest BCUT2D eigenvalue weighted by atomic mass is 10.0. The predicted molar refractivity (Wildman–Crippen MR) is 67.6 cm³/mol. The van der Waals surface area contributed by atoms with Crippen LogP contribution in [-0.4, -0.2) is 11.9 Å². The molecule has 0 heterocycles. The zero-order valence-corrected chi connectivity index (χ0v) is 10.4. The lowest BCUT2D eigenvalue weighted by Gasteiger charge is -2.20. The lowest BCUT2D eigenvalue weighted by Crippen LogP contribution is -2.22. The number of nitrogens with two attached hydrogens (primary N) is 1. The first-order valence-corrected chi connectivity index (χ1v) is 5.58. The third-order valence-electron chi connectivity index (χ3n) is 2.91. The van der Waals surface area contributed by atoms with E-state index >= 15 is 0 Å². The van der Waals surface area contributed by atoms with Gasteiger partial charge in [-0.15, -0.1) is 0 Å². The van der Waals surface area contributed by atoms with Crippen LogP contribution in [0.5, 0.6) is 0 Å². The van der Waals surface area contributed by atoms with Crippen molar-refractivity contribution >= 4 is 11.6 Å². The van der Waals surface area contributed by atoms with Crippen molar-refractivity contribution in [2.24, 2.45) is 11.7 Å². The van der Waals surface area contributed by atoms with Crippen LogP contribution in [0, 0.1) is 12.8 Å². The first-order chi connectivity index (χ1) is 7.41. The SMILES string of the molecule is Cc1ccc(C(N)=O)cc1NC(C)C(C)C. The summed E-state index contributed by atoms with van der Waals surface area (Å²) in [7, 11) is 0. The number of aryl methyl sites for hydroxylation is 1. The third-order valence-corrected chi connectivity index (χ3v) is 2.91. The molecule has 1 aromatic carbocycles. The molecular formula is C13H20N2O. The van der Waals surface area contributed by atoms with Crippen molar-refractivity contribution in [3.63, 3.8) is 0 Å². The number of amides is 1. The minimum absolute atomic E-state index is 0.363. The molecule has 0 spiro atoms. The Morgan fingerprint density at radius 2 is 1.94 bits per heavy atom. The second kappa shape index (κ2) is 5.01. The number of carbonyl (C=O) groups is 1. The maximum Gasteiger partial charge on any atom is 0.248 e. The Hall–Kier alpha value is -1.51. The van der Waals surface area contributed by atoms with Gasteiger partial charge in [0.15, 0.2) is 0 Å². The summed E-state index contributed by atoms with van der Waals surface area (Å²) in [5.41, 5.74) is 7.91. The van der Waals surface area contributed by atoms with E-state index in [2.05, 4.69) is 26.1 Å². The number of benzene rings is 1. The second-order valence-corrected chi connectivity index (χ2v) is 4.57. The van der Waals surface area contributed by atoms with Gasteiger partial charge >= 0.3 is 0 Å². The fraction of sp³-hybridized carbons (Fsp3) is 0.462. The minimum atomic E-state index is -0.389. The Balaban J connectivity index is 2.94. The number of hydrogen-bond acceptors (Lipinski definition) is 2. The number of carbonyl (C=O) groups excluding carboxylic acids is 1. The van der Waals surface area contributed by atoms with Gasteiger partial charge in [-0.05, 0) is 37.5 Å². The maximum absolute atomic E-state index is 11.1. The molecular weight excluding hydrogens is 200 g/mol.